The standard InChI is InChI=1S/C19H23N3O4S/c1-13(2)26-17-6-4-5-15(11-17)14(3)20-19(23)16-7-8-18-21-27(24,25)10-9-22(18)12-16/h4-8,11-14H,9-10H2,1-3H3,(H,20,23)/t14-/m0/s1. The van der Waals surface area contributed by atoms with Crippen molar-refractivity contribution in [3.05, 3.63) is 53.8 Å². The molecule has 0 unspecified atom stereocenters. The second-order valence-corrected chi connectivity index (χ2v) is 8.54. The number of nitrogens with one attached hydrogen (secondary N) is 1. The summed E-state index contributed by atoms with van der Waals surface area (Å²) in [6.45, 7) is 6.11. The van der Waals surface area contributed by atoms with Gasteiger partial charge >= 0.3 is 0 Å². The molecule has 1 atom stereocenters. The highest BCUT2D eigenvalue weighted by atomic mass is 32.2. The summed E-state index contributed by atoms with van der Waals surface area (Å²) in [5, 5.41) is 2.96. The summed E-state index contributed by atoms with van der Waals surface area (Å²) in [7, 11) is -3.41. The van der Waals surface area contributed by atoms with Gasteiger partial charge in [0.05, 0.1) is 23.5 Å². The molecule has 0 radical (unpaired) electrons. The van der Waals surface area contributed by atoms with Crippen molar-refractivity contribution in [1.29, 1.82) is 0 Å². The van der Waals surface area contributed by atoms with Crippen LogP contribution >= 0.6 is 0 Å². The molecule has 2 aliphatic rings. The number of amides is 1. The molecule has 2 heterocycles. The highest BCUT2D eigenvalue weighted by Gasteiger charge is 2.25. The van der Waals surface area contributed by atoms with Gasteiger partial charge in [0, 0.05) is 12.7 Å². The number of nitrogens with zero attached hydrogens (tertiary/aromatic N) is 2. The van der Waals surface area contributed by atoms with Crippen molar-refractivity contribution < 1.29 is 17.9 Å². The van der Waals surface area contributed by atoms with Crippen LogP contribution < -0.4 is 10.1 Å². The number of amidine groups is 1. The number of hydrogen-bond donors (Lipinski definition) is 1. The Morgan fingerprint density at radius 1 is 1.26 bits per heavy atom. The molecule has 1 aromatic rings. The maximum absolute atomic E-state index is 12.6. The number of fused-ring (bicyclic) bond motifs is 1. The number of sulfonamides is 1. The molecule has 144 valence electrons. The molecule has 3 rings (SSSR count). The smallest absolute Gasteiger partial charge is 0.256 e. The van der Waals surface area contributed by atoms with Crippen LogP contribution in [-0.4, -0.2) is 43.5 Å². The van der Waals surface area contributed by atoms with E-state index in [2.05, 4.69) is 9.71 Å². The molecular weight excluding hydrogens is 366 g/mol. The lowest BCUT2D eigenvalue weighted by molar-refractivity contribution is -0.117. The minimum absolute atomic E-state index is 0.0607. The van der Waals surface area contributed by atoms with Crippen molar-refractivity contribution in [3.8, 4) is 5.75 Å². The Morgan fingerprint density at radius 2 is 2.04 bits per heavy atom. The molecule has 0 fully saturated rings. The Hall–Kier alpha value is -2.61. The zero-order chi connectivity index (χ0) is 19.6. The molecule has 0 bridgehead atoms. The van der Waals surface area contributed by atoms with Gasteiger partial charge in [0.15, 0.2) is 0 Å². The first-order valence-electron chi connectivity index (χ1n) is 8.80. The Labute approximate surface area is 159 Å². The fourth-order valence-corrected chi connectivity index (χ4v) is 3.80. The van der Waals surface area contributed by atoms with Gasteiger partial charge in [-0.2, -0.15) is 0 Å². The minimum atomic E-state index is -3.41. The lowest BCUT2D eigenvalue weighted by Crippen LogP contribution is -2.38. The van der Waals surface area contributed by atoms with E-state index in [4.69, 9.17) is 4.74 Å². The van der Waals surface area contributed by atoms with Crippen LogP contribution in [0.3, 0.4) is 0 Å². The fourth-order valence-electron chi connectivity index (χ4n) is 2.83. The molecule has 0 saturated heterocycles. The summed E-state index contributed by atoms with van der Waals surface area (Å²) in [6, 6.07) is 7.42. The van der Waals surface area contributed by atoms with Gasteiger partial charge in [0.2, 0.25) is 0 Å². The van der Waals surface area contributed by atoms with Crippen molar-refractivity contribution in [1.82, 2.24) is 10.2 Å². The van der Waals surface area contributed by atoms with E-state index in [1.807, 2.05) is 45.0 Å². The van der Waals surface area contributed by atoms with Crippen molar-refractivity contribution in [2.75, 3.05) is 12.3 Å². The van der Waals surface area contributed by atoms with Crippen molar-refractivity contribution in [2.24, 2.45) is 4.40 Å². The average molecular weight is 389 g/mol. The van der Waals surface area contributed by atoms with E-state index in [9.17, 15) is 13.2 Å². The first-order chi connectivity index (χ1) is 12.7. The van der Waals surface area contributed by atoms with Gasteiger partial charge in [0.25, 0.3) is 15.9 Å². The molecule has 7 nitrogen and oxygen atoms in total. The minimum Gasteiger partial charge on any atom is -0.491 e. The Morgan fingerprint density at radius 3 is 2.78 bits per heavy atom. The van der Waals surface area contributed by atoms with Gasteiger partial charge in [-0.25, -0.2) is 8.42 Å². The Bertz CT molecular complexity index is 932. The van der Waals surface area contributed by atoms with Crippen LogP contribution in [0.1, 0.15) is 32.4 Å². The lowest BCUT2D eigenvalue weighted by atomic mass is 10.1. The molecule has 0 aromatic heterocycles. The third kappa shape index (κ3) is 4.77. The average Bonchev–Trinajstić information content (AvgIpc) is 2.60. The third-order valence-electron chi connectivity index (χ3n) is 4.16. The van der Waals surface area contributed by atoms with Crippen LogP contribution in [0.5, 0.6) is 5.75 Å². The number of carbonyl (C=O) groups is 1. The van der Waals surface area contributed by atoms with E-state index in [1.54, 1.807) is 23.3 Å². The molecule has 0 spiro atoms. The predicted octanol–water partition coefficient (Wildman–Crippen LogP) is 2.15. The van der Waals surface area contributed by atoms with Crippen molar-refractivity contribution >= 4 is 21.8 Å². The normalized spacial score (nSPS) is 19.0. The summed E-state index contributed by atoms with van der Waals surface area (Å²) in [4.78, 5) is 14.3. The van der Waals surface area contributed by atoms with Gasteiger partial charge in [-0.15, -0.1) is 4.40 Å². The van der Waals surface area contributed by atoms with Crippen LogP contribution in [-0.2, 0) is 14.8 Å². The second-order valence-electron chi connectivity index (χ2n) is 6.78. The van der Waals surface area contributed by atoms with E-state index in [-0.39, 0.29) is 30.4 Å². The molecule has 1 amide bonds. The Kier molecular flexibility index (Phi) is 5.36. The van der Waals surface area contributed by atoms with Crippen molar-refractivity contribution in [2.45, 2.75) is 32.9 Å². The van der Waals surface area contributed by atoms with Crippen LogP contribution in [0.4, 0.5) is 0 Å². The molecular formula is C19H23N3O4S. The molecule has 8 heteroatoms. The summed E-state index contributed by atoms with van der Waals surface area (Å²) < 4.78 is 32.5. The van der Waals surface area contributed by atoms with Crippen LogP contribution in [0.25, 0.3) is 0 Å². The molecule has 0 saturated carbocycles. The topological polar surface area (TPSA) is 88.1 Å². The van der Waals surface area contributed by atoms with E-state index in [0.29, 0.717) is 11.4 Å². The summed E-state index contributed by atoms with van der Waals surface area (Å²) in [6.07, 6.45) is 4.84. The highest BCUT2D eigenvalue weighted by Crippen LogP contribution is 2.21. The second kappa shape index (κ2) is 7.56. The zero-order valence-corrected chi connectivity index (χ0v) is 16.4. The number of hydrogen-bond acceptors (Lipinski definition) is 5. The van der Waals surface area contributed by atoms with Crippen LogP contribution in [0.15, 0.2) is 52.6 Å². The Balaban J connectivity index is 1.69. The van der Waals surface area contributed by atoms with E-state index >= 15 is 0 Å². The van der Waals surface area contributed by atoms with E-state index < -0.39 is 10.0 Å². The fraction of sp³-hybridized carbons (Fsp3) is 0.368. The van der Waals surface area contributed by atoms with Gasteiger partial charge < -0.3 is 15.0 Å². The van der Waals surface area contributed by atoms with Gasteiger partial charge in [-0.05, 0) is 50.6 Å². The molecule has 1 aromatic carbocycles. The molecule has 0 aliphatic carbocycles. The summed E-state index contributed by atoms with van der Waals surface area (Å²) in [5.74, 6) is 0.802. The maximum atomic E-state index is 12.6. The third-order valence-corrected chi connectivity index (χ3v) is 5.33. The van der Waals surface area contributed by atoms with Crippen LogP contribution in [0.2, 0.25) is 0 Å². The highest BCUT2D eigenvalue weighted by molar-refractivity contribution is 7.90. The largest absolute Gasteiger partial charge is 0.491 e. The number of benzene rings is 1. The quantitative estimate of drug-likeness (QED) is 0.834. The molecule has 1 N–H and O–H groups in total. The maximum Gasteiger partial charge on any atom is 0.256 e. The predicted molar refractivity (Wildman–Crippen MR) is 104 cm³/mol. The van der Waals surface area contributed by atoms with E-state index in [0.717, 1.165) is 11.3 Å². The van der Waals surface area contributed by atoms with E-state index in [1.165, 1.54) is 0 Å². The number of rotatable bonds is 5. The summed E-state index contributed by atoms with van der Waals surface area (Å²) in [5.41, 5.74) is 1.39. The molecule has 2 aliphatic heterocycles. The summed E-state index contributed by atoms with van der Waals surface area (Å²) >= 11 is 0. The number of carbonyl (C=O) groups excluding carboxylic acids is 1. The SMILES string of the molecule is CC(C)Oc1cccc([C@H](C)NC(=O)C2=CN3CCS(=O)(=O)N=C3C=C2)c1. The van der Waals surface area contributed by atoms with Gasteiger partial charge in [-0.1, -0.05) is 12.1 Å². The first-order valence-corrected chi connectivity index (χ1v) is 10.4. The van der Waals surface area contributed by atoms with Crippen LogP contribution in [0, 0.1) is 0 Å². The lowest BCUT2D eigenvalue weighted by Gasteiger charge is -2.27. The van der Waals surface area contributed by atoms with Crippen molar-refractivity contribution in [3.63, 3.8) is 0 Å². The van der Waals surface area contributed by atoms with Gasteiger partial charge in [-0.3, -0.25) is 4.79 Å². The monoisotopic (exact) mass is 389 g/mol. The molecule has 27 heavy (non-hydrogen) atoms. The first kappa shape index (κ1) is 19.2. The zero-order valence-electron chi connectivity index (χ0n) is 15.5. The number of ether oxygens (including phenoxy) is 1. The van der Waals surface area contributed by atoms with Gasteiger partial charge in [0.1, 0.15) is 11.6 Å².